The fourth-order valence-corrected chi connectivity index (χ4v) is 3.35. The standard InChI is InChI=1S/C24H22N4O2/c1-17(20-12-6-7-13-22(20)30-2)26-24(29)21-16-28(19-10-4-3-5-11-19)27-23(21)18-9-8-14-25-15-18/h3-17H,1-2H3,(H,26,29)/t17-/m1/s1. The fourth-order valence-electron chi connectivity index (χ4n) is 3.35. The number of aromatic nitrogens is 3. The highest BCUT2D eigenvalue weighted by molar-refractivity contribution is 6.00. The van der Waals surface area contributed by atoms with Crippen LogP contribution in [0, 0.1) is 0 Å². The second-order valence-corrected chi connectivity index (χ2v) is 6.85. The third-order valence-electron chi connectivity index (χ3n) is 4.87. The lowest BCUT2D eigenvalue weighted by molar-refractivity contribution is 0.0940. The van der Waals surface area contributed by atoms with Gasteiger partial charge in [0.05, 0.1) is 24.4 Å². The van der Waals surface area contributed by atoms with Gasteiger partial charge >= 0.3 is 0 Å². The molecule has 2 heterocycles. The zero-order valence-electron chi connectivity index (χ0n) is 16.8. The van der Waals surface area contributed by atoms with E-state index in [2.05, 4.69) is 15.4 Å². The van der Waals surface area contributed by atoms with Crippen LogP contribution in [0.2, 0.25) is 0 Å². The molecule has 0 aliphatic carbocycles. The molecular weight excluding hydrogens is 376 g/mol. The van der Waals surface area contributed by atoms with Crippen molar-refractivity contribution in [3.63, 3.8) is 0 Å². The van der Waals surface area contributed by atoms with Crippen LogP contribution in [0.1, 0.15) is 28.9 Å². The van der Waals surface area contributed by atoms with E-state index in [1.54, 1.807) is 30.4 Å². The van der Waals surface area contributed by atoms with Gasteiger partial charge in [0.25, 0.3) is 5.91 Å². The monoisotopic (exact) mass is 398 g/mol. The van der Waals surface area contributed by atoms with Crippen molar-refractivity contribution in [2.45, 2.75) is 13.0 Å². The quantitative estimate of drug-likeness (QED) is 0.522. The van der Waals surface area contributed by atoms with Crippen LogP contribution in [0.5, 0.6) is 5.75 Å². The summed E-state index contributed by atoms with van der Waals surface area (Å²) in [6.07, 6.45) is 5.15. The highest BCUT2D eigenvalue weighted by atomic mass is 16.5. The van der Waals surface area contributed by atoms with Gasteiger partial charge in [0.15, 0.2) is 0 Å². The number of pyridine rings is 1. The van der Waals surface area contributed by atoms with Crippen molar-refractivity contribution in [2.75, 3.05) is 7.11 Å². The molecule has 2 aromatic heterocycles. The average Bonchev–Trinajstić information content (AvgIpc) is 3.26. The first-order valence-electron chi connectivity index (χ1n) is 9.66. The van der Waals surface area contributed by atoms with E-state index in [0.717, 1.165) is 22.6 Å². The molecule has 6 heteroatoms. The van der Waals surface area contributed by atoms with Crippen LogP contribution in [0.15, 0.2) is 85.3 Å². The van der Waals surface area contributed by atoms with Crippen LogP contribution >= 0.6 is 0 Å². The maximum Gasteiger partial charge on any atom is 0.255 e. The summed E-state index contributed by atoms with van der Waals surface area (Å²) >= 11 is 0. The van der Waals surface area contributed by atoms with E-state index in [1.807, 2.05) is 73.7 Å². The number of para-hydroxylation sites is 2. The summed E-state index contributed by atoms with van der Waals surface area (Å²) in [5.41, 5.74) is 3.62. The predicted octanol–water partition coefficient (Wildman–Crippen LogP) is 4.43. The maximum absolute atomic E-state index is 13.2. The number of benzene rings is 2. The smallest absolute Gasteiger partial charge is 0.255 e. The van der Waals surface area contributed by atoms with Gasteiger partial charge in [0, 0.05) is 29.7 Å². The second kappa shape index (κ2) is 8.61. The Morgan fingerprint density at radius 3 is 2.53 bits per heavy atom. The molecule has 0 saturated heterocycles. The topological polar surface area (TPSA) is 69.0 Å². The molecule has 0 aliphatic heterocycles. The third-order valence-corrected chi connectivity index (χ3v) is 4.87. The first-order valence-corrected chi connectivity index (χ1v) is 9.66. The molecule has 4 rings (SSSR count). The maximum atomic E-state index is 13.2. The van der Waals surface area contributed by atoms with E-state index in [9.17, 15) is 4.79 Å². The lowest BCUT2D eigenvalue weighted by atomic mass is 10.1. The Hall–Kier alpha value is -3.93. The first kappa shape index (κ1) is 19.4. The van der Waals surface area contributed by atoms with Crippen molar-refractivity contribution in [3.05, 3.63) is 96.4 Å². The number of methoxy groups -OCH3 is 1. The van der Waals surface area contributed by atoms with Crippen LogP contribution in [0.25, 0.3) is 16.9 Å². The van der Waals surface area contributed by atoms with Crippen molar-refractivity contribution < 1.29 is 9.53 Å². The lowest BCUT2D eigenvalue weighted by Gasteiger charge is -2.17. The molecule has 4 aromatic rings. The van der Waals surface area contributed by atoms with Gasteiger partial charge in [-0.3, -0.25) is 9.78 Å². The van der Waals surface area contributed by atoms with Crippen molar-refractivity contribution in [2.24, 2.45) is 0 Å². The molecule has 150 valence electrons. The van der Waals surface area contributed by atoms with Gasteiger partial charge in [-0.25, -0.2) is 4.68 Å². The first-order chi connectivity index (χ1) is 14.7. The minimum Gasteiger partial charge on any atom is -0.496 e. The number of amides is 1. The van der Waals surface area contributed by atoms with Crippen molar-refractivity contribution in [1.29, 1.82) is 0 Å². The van der Waals surface area contributed by atoms with E-state index in [1.165, 1.54) is 0 Å². The Bertz CT molecular complexity index is 1140. The van der Waals surface area contributed by atoms with E-state index in [-0.39, 0.29) is 11.9 Å². The highest BCUT2D eigenvalue weighted by Gasteiger charge is 2.21. The number of nitrogens with one attached hydrogen (secondary N) is 1. The number of ether oxygens (including phenoxy) is 1. The Balaban J connectivity index is 1.70. The third kappa shape index (κ3) is 3.93. The Morgan fingerprint density at radius 1 is 1.03 bits per heavy atom. The van der Waals surface area contributed by atoms with Gasteiger partial charge in [-0.05, 0) is 37.3 Å². The van der Waals surface area contributed by atoms with Crippen molar-refractivity contribution in [3.8, 4) is 22.7 Å². The minimum absolute atomic E-state index is 0.213. The summed E-state index contributed by atoms with van der Waals surface area (Å²) in [5, 5.41) is 7.75. The van der Waals surface area contributed by atoms with Crippen LogP contribution < -0.4 is 10.1 Å². The molecule has 0 radical (unpaired) electrons. The Kier molecular flexibility index (Phi) is 5.57. The molecule has 0 aliphatic rings. The fraction of sp³-hybridized carbons (Fsp3) is 0.125. The molecule has 0 fully saturated rings. The van der Waals surface area contributed by atoms with Gasteiger partial charge in [-0.1, -0.05) is 36.4 Å². The molecule has 0 bridgehead atoms. The number of nitrogens with zero attached hydrogens (tertiary/aromatic N) is 3. The molecule has 1 amide bonds. The highest BCUT2D eigenvalue weighted by Crippen LogP contribution is 2.27. The number of rotatable bonds is 6. The summed E-state index contributed by atoms with van der Waals surface area (Å²) in [5.74, 6) is 0.521. The number of hydrogen-bond donors (Lipinski definition) is 1. The summed E-state index contributed by atoms with van der Waals surface area (Å²) in [4.78, 5) is 17.4. The van der Waals surface area contributed by atoms with Crippen LogP contribution in [-0.2, 0) is 0 Å². The molecule has 2 aromatic carbocycles. The van der Waals surface area contributed by atoms with Crippen LogP contribution in [0.3, 0.4) is 0 Å². The average molecular weight is 398 g/mol. The van der Waals surface area contributed by atoms with Crippen LogP contribution in [0.4, 0.5) is 0 Å². The molecule has 1 atom stereocenters. The predicted molar refractivity (Wildman–Crippen MR) is 116 cm³/mol. The van der Waals surface area contributed by atoms with E-state index in [0.29, 0.717) is 11.3 Å². The summed E-state index contributed by atoms with van der Waals surface area (Å²) in [6, 6.07) is 20.8. The number of carbonyl (C=O) groups excluding carboxylic acids is 1. The van der Waals surface area contributed by atoms with E-state index >= 15 is 0 Å². The number of hydrogen-bond acceptors (Lipinski definition) is 4. The Labute approximate surface area is 175 Å². The van der Waals surface area contributed by atoms with Gasteiger partial charge in [0.1, 0.15) is 11.4 Å². The summed E-state index contributed by atoms with van der Waals surface area (Å²) in [6.45, 7) is 1.93. The summed E-state index contributed by atoms with van der Waals surface area (Å²) in [7, 11) is 1.62. The molecule has 0 spiro atoms. The Morgan fingerprint density at radius 2 is 1.80 bits per heavy atom. The van der Waals surface area contributed by atoms with Gasteiger partial charge in [-0.15, -0.1) is 0 Å². The molecule has 30 heavy (non-hydrogen) atoms. The second-order valence-electron chi connectivity index (χ2n) is 6.85. The van der Waals surface area contributed by atoms with Gasteiger partial charge in [-0.2, -0.15) is 5.10 Å². The SMILES string of the molecule is COc1ccccc1[C@@H](C)NC(=O)c1cn(-c2ccccc2)nc1-c1cccnc1. The summed E-state index contributed by atoms with van der Waals surface area (Å²) < 4.78 is 7.15. The van der Waals surface area contributed by atoms with Crippen LogP contribution in [-0.4, -0.2) is 27.8 Å². The molecular formula is C24H22N4O2. The van der Waals surface area contributed by atoms with Crippen molar-refractivity contribution in [1.82, 2.24) is 20.1 Å². The normalized spacial score (nSPS) is 11.7. The zero-order valence-corrected chi connectivity index (χ0v) is 16.8. The van der Waals surface area contributed by atoms with E-state index < -0.39 is 0 Å². The largest absolute Gasteiger partial charge is 0.496 e. The van der Waals surface area contributed by atoms with Gasteiger partial charge in [0.2, 0.25) is 0 Å². The molecule has 0 saturated carbocycles. The lowest BCUT2D eigenvalue weighted by Crippen LogP contribution is -2.27. The minimum atomic E-state index is -0.240. The molecule has 0 unspecified atom stereocenters. The van der Waals surface area contributed by atoms with E-state index in [4.69, 9.17) is 4.74 Å². The molecule has 6 nitrogen and oxygen atoms in total. The van der Waals surface area contributed by atoms with Gasteiger partial charge < -0.3 is 10.1 Å². The van der Waals surface area contributed by atoms with Crippen molar-refractivity contribution >= 4 is 5.91 Å². The number of carbonyl (C=O) groups is 1. The zero-order chi connectivity index (χ0) is 20.9. The molecule has 1 N–H and O–H groups in total.